The van der Waals surface area contributed by atoms with E-state index in [1.165, 1.54) is 29.5 Å². The van der Waals surface area contributed by atoms with Crippen molar-refractivity contribution in [2.75, 3.05) is 7.11 Å². The van der Waals surface area contributed by atoms with E-state index in [-0.39, 0.29) is 18.4 Å². The molecule has 4 rings (SSSR count). The Labute approximate surface area is 152 Å². The van der Waals surface area contributed by atoms with Crippen LogP contribution in [0.5, 0.6) is 0 Å². The van der Waals surface area contributed by atoms with Crippen LogP contribution in [0.2, 0.25) is 0 Å². The van der Waals surface area contributed by atoms with Gasteiger partial charge in [-0.25, -0.2) is 9.78 Å². The number of halogens is 1. The van der Waals surface area contributed by atoms with Gasteiger partial charge in [-0.1, -0.05) is 0 Å². The van der Waals surface area contributed by atoms with Gasteiger partial charge < -0.3 is 4.74 Å². The summed E-state index contributed by atoms with van der Waals surface area (Å²) in [4.78, 5) is 16.7. The average molecular weight is 358 g/mol. The highest BCUT2D eigenvalue weighted by atomic mass is 35.5. The highest BCUT2D eigenvalue weighted by Crippen LogP contribution is 2.38. The average Bonchev–Trinajstić information content (AvgIpc) is 2.88. The number of fused-ring (bicyclic) bond motifs is 4. The van der Waals surface area contributed by atoms with E-state index < -0.39 is 0 Å². The van der Waals surface area contributed by atoms with E-state index in [9.17, 15) is 4.79 Å². The molecule has 1 aliphatic rings. The first-order chi connectivity index (χ1) is 11.5. The Hall–Kier alpha value is -2.40. The maximum atomic E-state index is 11.8. The summed E-state index contributed by atoms with van der Waals surface area (Å²) in [5.74, 6) is -0.320. The van der Waals surface area contributed by atoms with Crippen LogP contribution < -0.4 is 0 Å². The van der Waals surface area contributed by atoms with E-state index in [1.54, 1.807) is 6.07 Å². The Morgan fingerprint density at radius 1 is 1.24 bits per heavy atom. The molecule has 0 unspecified atom stereocenters. The van der Waals surface area contributed by atoms with Gasteiger partial charge in [0.05, 0.1) is 29.6 Å². The molecule has 0 N–H and O–H groups in total. The maximum Gasteiger partial charge on any atom is 0.337 e. The first-order valence-electron chi connectivity index (χ1n) is 8.05. The number of nitrogens with zero attached hydrogens (tertiary/aromatic N) is 3. The van der Waals surface area contributed by atoms with E-state index in [0.717, 1.165) is 35.1 Å². The van der Waals surface area contributed by atoms with Gasteiger partial charge in [0.25, 0.3) is 0 Å². The molecule has 0 saturated carbocycles. The lowest BCUT2D eigenvalue weighted by Gasteiger charge is -2.20. The number of benzene rings is 1. The molecule has 0 atom stereocenters. The number of aromatic nitrogens is 3. The molecule has 0 radical (unpaired) electrons. The number of carbonyl (C=O) groups excluding carboxylic acids is 1. The zero-order valence-corrected chi connectivity index (χ0v) is 15.5. The number of hydrogen-bond acceptors (Lipinski definition) is 4. The summed E-state index contributed by atoms with van der Waals surface area (Å²) in [5, 5.41) is 5.58. The molecule has 0 amide bonds. The van der Waals surface area contributed by atoms with E-state index in [4.69, 9.17) is 9.72 Å². The summed E-state index contributed by atoms with van der Waals surface area (Å²) in [6.45, 7) is 4.15. The van der Waals surface area contributed by atoms with E-state index in [0.29, 0.717) is 5.56 Å². The summed E-state index contributed by atoms with van der Waals surface area (Å²) in [6, 6.07) is 5.55. The molecule has 130 valence electrons. The fraction of sp³-hybridized carbons (Fsp3) is 0.316. The number of carbonyl (C=O) groups is 1. The first-order valence-corrected chi connectivity index (χ1v) is 8.05. The van der Waals surface area contributed by atoms with Gasteiger partial charge in [-0.05, 0) is 56.0 Å². The molecule has 0 fully saturated rings. The second-order valence-electron chi connectivity index (χ2n) is 6.32. The minimum absolute atomic E-state index is 0. The standard InChI is InChI=1S/C19H19N3O2.ClH/c1-10-13-6-8-16-17(11(2)21-22(16)3)18(13)20-15-7-5-12(9-14(10)15)19(23)24-4;/h5,7,9H,6,8H2,1-4H3;1H. The van der Waals surface area contributed by atoms with Crippen molar-refractivity contribution in [3.63, 3.8) is 0 Å². The minimum atomic E-state index is -0.320. The van der Waals surface area contributed by atoms with Gasteiger partial charge in [-0.3, -0.25) is 4.68 Å². The smallest absolute Gasteiger partial charge is 0.337 e. The molecule has 0 bridgehead atoms. The molecule has 0 saturated heterocycles. The minimum Gasteiger partial charge on any atom is -0.465 e. The largest absolute Gasteiger partial charge is 0.465 e. The third-order valence-electron chi connectivity index (χ3n) is 4.98. The van der Waals surface area contributed by atoms with Gasteiger partial charge >= 0.3 is 5.97 Å². The molecule has 3 aromatic rings. The number of ether oxygens (including phenoxy) is 1. The van der Waals surface area contributed by atoms with Crippen LogP contribution in [-0.4, -0.2) is 27.8 Å². The fourth-order valence-electron chi connectivity index (χ4n) is 3.76. The van der Waals surface area contributed by atoms with Crippen LogP contribution >= 0.6 is 12.4 Å². The molecule has 2 heterocycles. The van der Waals surface area contributed by atoms with Crippen molar-refractivity contribution in [3.05, 3.63) is 46.3 Å². The van der Waals surface area contributed by atoms with Crippen molar-refractivity contribution in [3.8, 4) is 11.3 Å². The van der Waals surface area contributed by atoms with Crippen molar-refractivity contribution in [1.29, 1.82) is 0 Å². The van der Waals surface area contributed by atoms with Crippen LogP contribution in [0.4, 0.5) is 0 Å². The Bertz CT molecular complexity index is 1010. The molecule has 25 heavy (non-hydrogen) atoms. The van der Waals surface area contributed by atoms with Crippen molar-refractivity contribution in [2.24, 2.45) is 7.05 Å². The summed E-state index contributed by atoms with van der Waals surface area (Å²) in [5.41, 5.74) is 8.38. The molecule has 1 aromatic carbocycles. The van der Waals surface area contributed by atoms with Crippen LogP contribution in [0.3, 0.4) is 0 Å². The predicted octanol–water partition coefficient (Wildman–Crippen LogP) is 3.56. The predicted molar refractivity (Wildman–Crippen MR) is 99.4 cm³/mol. The number of hydrogen-bond donors (Lipinski definition) is 0. The number of aryl methyl sites for hydroxylation is 3. The van der Waals surface area contributed by atoms with Crippen molar-refractivity contribution in [2.45, 2.75) is 26.7 Å². The molecule has 0 aliphatic heterocycles. The lowest BCUT2D eigenvalue weighted by molar-refractivity contribution is 0.0601. The highest BCUT2D eigenvalue weighted by Gasteiger charge is 2.26. The summed E-state index contributed by atoms with van der Waals surface area (Å²) in [7, 11) is 3.39. The first kappa shape index (κ1) is 17.4. The Morgan fingerprint density at radius 3 is 2.72 bits per heavy atom. The second kappa shape index (κ2) is 6.15. The zero-order chi connectivity index (χ0) is 17.0. The number of rotatable bonds is 1. The van der Waals surface area contributed by atoms with Crippen molar-refractivity contribution < 1.29 is 9.53 Å². The van der Waals surface area contributed by atoms with Crippen LogP contribution in [0.1, 0.15) is 32.9 Å². The fourth-order valence-corrected chi connectivity index (χ4v) is 3.76. The zero-order valence-electron chi connectivity index (χ0n) is 14.7. The molecule has 5 nitrogen and oxygen atoms in total. The topological polar surface area (TPSA) is 57.0 Å². The maximum absolute atomic E-state index is 11.8. The van der Waals surface area contributed by atoms with Crippen LogP contribution in [0, 0.1) is 13.8 Å². The second-order valence-corrected chi connectivity index (χ2v) is 6.32. The van der Waals surface area contributed by atoms with Crippen molar-refractivity contribution >= 4 is 29.3 Å². The summed E-state index contributed by atoms with van der Waals surface area (Å²) in [6.07, 6.45) is 1.91. The Kier molecular flexibility index (Phi) is 4.29. The molecule has 2 aromatic heterocycles. The lowest BCUT2D eigenvalue weighted by atomic mass is 9.88. The van der Waals surface area contributed by atoms with E-state index >= 15 is 0 Å². The van der Waals surface area contributed by atoms with E-state index in [1.807, 2.05) is 30.8 Å². The summed E-state index contributed by atoms with van der Waals surface area (Å²) >= 11 is 0. The summed E-state index contributed by atoms with van der Waals surface area (Å²) < 4.78 is 6.80. The molecule has 1 aliphatic carbocycles. The SMILES string of the molecule is COC(=O)c1ccc2nc3c(c(C)c2c1)CCc1c-3c(C)nn1C.Cl. The molecule has 6 heteroatoms. The highest BCUT2D eigenvalue weighted by molar-refractivity contribution is 5.96. The van der Waals surface area contributed by atoms with Gasteiger partial charge in [0.2, 0.25) is 0 Å². The van der Waals surface area contributed by atoms with Crippen LogP contribution in [0.25, 0.3) is 22.2 Å². The third-order valence-corrected chi connectivity index (χ3v) is 4.98. The number of pyridine rings is 1. The number of esters is 1. The molecule has 0 spiro atoms. The van der Waals surface area contributed by atoms with E-state index in [2.05, 4.69) is 12.0 Å². The molecular weight excluding hydrogens is 338 g/mol. The normalized spacial score (nSPS) is 12.3. The van der Waals surface area contributed by atoms with Crippen LogP contribution in [0.15, 0.2) is 18.2 Å². The van der Waals surface area contributed by atoms with Gasteiger partial charge in [0.15, 0.2) is 0 Å². The number of methoxy groups -OCH3 is 1. The Balaban J connectivity index is 0.00000182. The quantitative estimate of drug-likeness (QED) is 0.625. The van der Waals surface area contributed by atoms with Crippen LogP contribution in [-0.2, 0) is 24.6 Å². The Morgan fingerprint density at radius 2 is 2.00 bits per heavy atom. The van der Waals surface area contributed by atoms with Gasteiger partial charge in [-0.2, -0.15) is 5.10 Å². The van der Waals surface area contributed by atoms with Crippen molar-refractivity contribution in [1.82, 2.24) is 14.8 Å². The van der Waals surface area contributed by atoms with Gasteiger partial charge in [0.1, 0.15) is 0 Å². The van der Waals surface area contributed by atoms with Gasteiger partial charge in [-0.15, -0.1) is 12.4 Å². The lowest BCUT2D eigenvalue weighted by Crippen LogP contribution is -2.11. The molecular formula is C19H20ClN3O2. The monoisotopic (exact) mass is 357 g/mol. The van der Waals surface area contributed by atoms with Gasteiger partial charge in [0, 0.05) is 23.7 Å². The third kappa shape index (κ3) is 2.50.